The summed E-state index contributed by atoms with van der Waals surface area (Å²) < 4.78 is 130. The van der Waals surface area contributed by atoms with Gasteiger partial charge in [-0.2, -0.15) is 26.3 Å². The lowest BCUT2D eigenvalue weighted by Gasteiger charge is -2.36. The number of carbonyl (C=O) groups is 1. The quantitative estimate of drug-likeness (QED) is 0.234. The van der Waals surface area contributed by atoms with Crippen molar-refractivity contribution in [1.29, 1.82) is 0 Å². The van der Waals surface area contributed by atoms with Gasteiger partial charge < -0.3 is 9.47 Å². The van der Waals surface area contributed by atoms with Crippen LogP contribution in [0.25, 0.3) is 0 Å². The molecule has 0 spiro atoms. The fraction of sp³-hybridized carbons (Fsp3) is 0.409. The monoisotopic (exact) mass is 605 g/mol. The van der Waals surface area contributed by atoms with E-state index in [1.165, 1.54) is 12.1 Å². The van der Waals surface area contributed by atoms with E-state index in [0.29, 0.717) is 25.8 Å². The molecule has 0 saturated carbocycles. The summed E-state index contributed by atoms with van der Waals surface area (Å²) in [7, 11) is -4.39. The average Bonchev–Trinajstić information content (AvgIpc) is 2.80. The highest BCUT2D eigenvalue weighted by molar-refractivity contribution is 7.97. The van der Waals surface area contributed by atoms with Crippen LogP contribution in [0.5, 0.6) is 5.75 Å². The number of alkyl halides is 6. The van der Waals surface area contributed by atoms with Crippen molar-refractivity contribution in [3.63, 3.8) is 0 Å². The molecule has 3 rings (SSSR count). The van der Waals surface area contributed by atoms with Crippen LogP contribution in [0.3, 0.4) is 0 Å². The van der Waals surface area contributed by atoms with Crippen molar-refractivity contribution in [2.75, 3.05) is 28.5 Å². The molecule has 1 atom stereocenters. The third-order valence-corrected chi connectivity index (χ3v) is 7.85. The fourth-order valence-corrected chi connectivity index (χ4v) is 5.24. The summed E-state index contributed by atoms with van der Waals surface area (Å²) in [6, 6.07) is 7.38. The van der Waals surface area contributed by atoms with Crippen LogP contribution in [0.15, 0.2) is 47.4 Å². The molecule has 0 unspecified atom stereocenters. The van der Waals surface area contributed by atoms with Crippen molar-refractivity contribution in [3.05, 3.63) is 48.3 Å². The summed E-state index contributed by atoms with van der Waals surface area (Å²) in [4.78, 5) is 11.8. The molecule has 0 aliphatic carbocycles. The van der Waals surface area contributed by atoms with Crippen molar-refractivity contribution < 1.29 is 53.4 Å². The van der Waals surface area contributed by atoms with Crippen molar-refractivity contribution in [2.45, 2.75) is 42.8 Å². The van der Waals surface area contributed by atoms with Crippen molar-refractivity contribution in [3.8, 4) is 5.75 Å². The Hall–Kier alpha value is -2.92. The Kier molecular flexibility index (Phi) is 8.86. The fourth-order valence-electron chi connectivity index (χ4n) is 3.18. The van der Waals surface area contributed by atoms with Gasteiger partial charge in [0.2, 0.25) is 5.60 Å². The van der Waals surface area contributed by atoms with Gasteiger partial charge in [-0.1, -0.05) is 11.9 Å². The van der Waals surface area contributed by atoms with Crippen LogP contribution in [0.2, 0.25) is 0 Å². The number of hydrogen-bond acceptors (Lipinski definition) is 7. The molecule has 0 fully saturated rings. The van der Waals surface area contributed by atoms with Gasteiger partial charge in [0.05, 0.1) is 17.1 Å². The van der Waals surface area contributed by atoms with Crippen LogP contribution in [-0.4, -0.2) is 57.4 Å². The third-order valence-electron chi connectivity index (χ3n) is 5.22. The molecular formula is C22H22F7N3O5S2. The molecule has 1 heterocycles. The number of nitrogens with zero attached hydrogens (tertiary/aromatic N) is 1. The van der Waals surface area contributed by atoms with Gasteiger partial charge in [0.1, 0.15) is 23.4 Å². The second-order valence-corrected chi connectivity index (χ2v) is 11.4. The molecule has 39 heavy (non-hydrogen) atoms. The van der Waals surface area contributed by atoms with Crippen molar-refractivity contribution >= 4 is 39.4 Å². The molecule has 1 amide bonds. The Morgan fingerprint density at radius 1 is 1.10 bits per heavy atom. The average molecular weight is 606 g/mol. The molecule has 17 heteroatoms. The number of anilines is 2. The Bertz CT molecular complexity index is 1290. The van der Waals surface area contributed by atoms with Crippen LogP contribution in [0.1, 0.15) is 13.8 Å². The molecule has 0 bridgehead atoms. The van der Waals surface area contributed by atoms with E-state index in [2.05, 4.69) is 14.8 Å². The minimum absolute atomic E-state index is 0.0471. The van der Waals surface area contributed by atoms with Crippen molar-refractivity contribution in [1.82, 2.24) is 4.72 Å². The maximum Gasteiger partial charge on any atom is 0.427 e. The summed E-state index contributed by atoms with van der Waals surface area (Å²) in [6.45, 7) is 0.687. The normalized spacial score (nSPS) is 16.3. The number of carbonyl (C=O) groups excluding carboxylic acids is 1. The first-order valence-electron chi connectivity index (χ1n) is 11.0. The molecule has 8 nitrogen and oxygen atoms in total. The van der Waals surface area contributed by atoms with Crippen LogP contribution < -0.4 is 19.1 Å². The summed E-state index contributed by atoms with van der Waals surface area (Å²) >= 11 is 0.351. The molecule has 0 saturated heterocycles. The number of amides is 1. The number of rotatable bonds is 8. The summed E-state index contributed by atoms with van der Waals surface area (Å²) in [5.74, 6) is -1.95. The first kappa shape index (κ1) is 30.6. The Morgan fingerprint density at radius 2 is 1.74 bits per heavy atom. The van der Waals surface area contributed by atoms with Crippen molar-refractivity contribution in [2.24, 2.45) is 0 Å². The number of halogens is 7. The topological polar surface area (TPSA) is 97.0 Å². The van der Waals surface area contributed by atoms with Gasteiger partial charge >= 0.3 is 18.4 Å². The minimum Gasteiger partial charge on any atom is -0.485 e. The van der Waals surface area contributed by atoms with E-state index in [4.69, 9.17) is 4.74 Å². The molecule has 1 aliphatic heterocycles. The minimum atomic E-state index is -4.87. The molecule has 216 valence electrons. The number of fused-ring (bicyclic) bond motifs is 1. The second kappa shape index (κ2) is 11.3. The van der Waals surface area contributed by atoms with E-state index >= 15 is 0 Å². The number of sulfonamides is 1. The number of ether oxygens (including phenoxy) is 2. The number of nitrogens with one attached hydrogen (secondary N) is 2. The largest absolute Gasteiger partial charge is 0.485 e. The van der Waals surface area contributed by atoms with E-state index in [1.807, 2.05) is 0 Å². The van der Waals surface area contributed by atoms with Gasteiger partial charge in [-0.25, -0.2) is 17.6 Å². The second-order valence-electron chi connectivity index (χ2n) is 8.69. The Balaban J connectivity index is 1.89. The Morgan fingerprint density at radius 3 is 2.33 bits per heavy atom. The standard InChI is InChI=1S/C22H22F7N3O5S2/c1-20(2,22(27,28)29)37-19(33)31-14-5-8-18-17(9-14)32(39(34,35)16-6-3-13(23)4-7-16)11-15(36-18)10-30-38-12-21(24,25)26/h3-9,15,30H,10-12H2,1-2H3,(H,31,33)/t15-/m0/s1. The van der Waals surface area contributed by atoms with E-state index in [9.17, 15) is 43.9 Å². The highest BCUT2D eigenvalue weighted by Gasteiger charge is 2.51. The van der Waals surface area contributed by atoms with E-state index < -0.39 is 58.3 Å². The van der Waals surface area contributed by atoms with Crippen LogP contribution in [0, 0.1) is 5.82 Å². The maximum absolute atomic E-state index is 13.4. The summed E-state index contributed by atoms with van der Waals surface area (Å²) in [5, 5.41) is 2.10. The Labute approximate surface area is 223 Å². The molecule has 2 aromatic rings. The molecule has 0 radical (unpaired) electrons. The lowest BCUT2D eigenvalue weighted by molar-refractivity contribution is -0.242. The van der Waals surface area contributed by atoms with Crippen LogP contribution in [-0.2, 0) is 14.8 Å². The van der Waals surface area contributed by atoms with E-state index in [-0.39, 0.29) is 28.6 Å². The van der Waals surface area contributed by atoms with Gasteiger partial charge in [-0.05, 0) is 56.3 Å². The van der Waals surface area contributed by atoms with E-state index in [0.717, 1.165) is 34.6 Å². The highest BCUT2D eigenvalue weighted by atomic mass is 32.2. The molecule has 2 N–H and O–H groups in total. The molecular weight excluding hydrogens is 583 g/mol. The third kappa shape index (κ3) is 7.82. The summed E-state index contributed by atoms with van der Waals surface area (Å²) in [6.07, 6.45) is -11.7. The van der Waals surface area contributed by atoms with Gasteiger partial charge in [0.25, 0.3) is 10.0 Å². The molecule has 2 aromatic carbocycles. The molecule has 1 aliphatic rings. The predicted octanol–water partition coefficient (Wildman–Crippen LogP) is 5.47. The number of benzene rings is 2. The SMILES string of the molecule is CC(C)(OC(=O)Nc1ccc2c(c1)N(S(=O)(=O)c1ccc(F)cc1)C[C@H](CNSCC(F)(F)F)O2)C(F)(F)F. The first-order chi connectivity index (χ1) is 17.9. The lowest BCUT2D eigenvalue weighted by Crippen LogP contribution is -2.47. The smallest absolute Gasteiger partial charge is 0.427 e. The number of hydrogen-bond donors (Lipinski definition) is 2. The summed E-state index contributed by atoms with van der Waals surface area (Å²) in [5.41, 5.74) is -3.10. The first-order valence-corrected chi connectivity index (χ1v) is 13.4. The zero-order chi connectivity index (χ0) is 29.2. The van der Waals surface area contributed by atoms with Gasteiger partial charge in [0, 0.05) is 12.2 Å². The zero-order valence-corrected chi connectivity index (χ0v) is 21.8. The predicted molar refractivity (Wildman–Crippen MR) is 129 cm³/mol. The van der Waals surface area contributed by atoms with Gasteiger partial charge in [-0.15, -0.1) is 0 Å². The highest BCUT2D eigenvalue weighted by Crippen LogP contribution is 2.39. The maximum atomic E-state index is 13.4. The van der Waals surface area contributed by atoms with Gasteiger partial charge in [-0.3, -0.25) is 14.3 Å². The lowest BCUT2D eigenvalue weighted by atomic mass is 10.1. The van der Waals surface area contributed by atoms with Gasteiger partial charge in [0.15, 0.2) is 0 Å². The van der Waals surface area contributed by atoms with E-state index in [1.54, 1.807) is 0 Å². The van der Waals surface area contributed by atoms with Crippen LogP contribution >= 0.6 is 11.9 Å². The molecule has 0 aromatic heterocycles. The zero-order valence-electron chi connectivity index (χ0n) is 20.2. The van der Waals surface area contributed by atoms with Crippen LogP contribution in [0.4, 0.5) is 46.9 Å².